The zero-order valence-electron chi connectivity index (χ0n) is 9.57. The molecule has 3 heteroatoms. The largest absolute Gasteiger partial charge is 0.513 e. The number of aliphatic hydroxyl groups is 1. The molecule has 1 amide bonds. The van der Waals surface area contributed by atoms with Gasteiger partial charge < -0.3 is 10.8 Å². The van der Waals surface area contributed by atoms with Crippen molar-refractivity contribution in [3.05, 3.63) is 11.8 Å². The highest BCUT2D eigenvalue weighted by atomic mass is 16.3. The van der Waals surface area contributed by atoms with Gasteiger partial charge in [0.25, 0.3) is 0 Å². The number of primary amides is 1. The van der Waals surface area contributed by atoms with Crippen LogP contribution in [0.5, 0.6) is 0 Å². The van der Waals surface area contributed by atoms with Crippen molar-refractivity contribution >= 4 is 5.91 Å². The van der Waals surface area contributed by atoms with E-state index in [-0.39, 0.29) is 17.6 Å². The van der Waals surface area contributed by atoms with E-state index in [4.69, 9.17) is 5.73 Å². The summed E-state index contributed by atoms with van der Waals surface area (Å²) in [5.41, 5.74) is 5.38. The second-order valence-electron chi connectivity index (χ2n) is 4.66. The molecule has 86 valence electrons. The first kappa shape index (κ1) is 12.1. The van der Waals surface area contributed by atoms with Gasteiger partial charge in [-0.15, -0.1) is 0 Å². The quantitative estimate of drug-likeness (QED) is 0.704. The number of aliphatic hydroxyl groups excluding tert-OH is 1. The standard InChI is InChI=1S/C12H21NO2/c1-8-5-3-4-6-10(8)11(12(13)15)7-9(2)14/h7-8,10-11,14H,3-6H2,1-2H3,(H2,13,15). The molecular formula is C12H21NO2. The van der Waals surface area contributed by atoms with Crippen LogP contribution in [0.3, 0.4) is 0 Å². The van der Waals surface area contributed by atoms with Gasteiger partial charge in [-0.3, -0.25) is 4.79 Å². The maximum atomic E-state index is 11.3. The molecule has 1 rings (SSSR count). The Morgan fingerprint density at radius 1 is 1.47 bits per heavy atom. The van der Waals surface area contributed by atoms with Gasteiger partial charge in [0.1, 0.15) is 0 Å². The van der Waals surface area contributed by atoms with E-state index in [2.05, 4.69) is 6.92 Å². The fraction of sp³-hybridized carbons (Fsp3) is 0.750. The fourth-order valence-corrected chi connectivity index (χ4v) is 2.56. The third-order valence-corrected chi connectivity index (χ3v) is 3.39. The van der Waals surface area contributed by atoms with Crippen LogP contribution in [0.4, 0.5) is 0 Å². The van der Waals surface area contributed by atoms with Crippen LogP contribution < -0.4 is 5.73 Å². The summed E-state index contributed by atoms with van der Waals surface area (Å²) in [6.45, 7) is 3.75. The number of carbonyl (C=O) groups excluding carboxylic acids is 1. The molecule has 1 fully saturated rings. The van der Waals surface area contributed by atoms with Gasteiger partial charge in [0, 0.05) is 0 Å². The molecule has 1 saturated carbocycles. The van der Waals surface area contributed by atoms with Crippen LogP contribution in [0.1, 0.15) is 39.5 Å². The van der Waals surface area contributed by atoms with Gasteiger partial charge in [-0.05, 0) is 31.3 Å². The lowest BCUT2D eigenvalue weighted by Gasteiger charge is -2.32. The Morgan fingerprint density at radius 2 is 2.07 bits per heavy atom. The molecule has 0 aromatic rings. The first-order chi connectivity index (χ1) is 7.02. The Kier molecular flexibility index (Phi) is 4.18. The second kappa shape index (κ2) is 5.19. The zero-order valence-corrected chi connectivity index (χ0v) is 9.57. The lowest BCUT2D eigenvalue weighted by Crippen LogP contribution is -2.34. The smallest absolute Gasteiger partial charge is 0.224 e. The monoisotopic (exact) mass is 211 g/mol. The number of amides is 1. The van der Waals surface area contributed by atoms with E-state index in [1.165, 1.54) is 6.42 Å². The summed E-state index contributed by atoms with van der Waals surface area (Å²) in [4.78, 5) is 11.3. The molecular weight excluding hydrogens is 190 g/mol. The third kappa shape index (κ3) is 3.26. The van der Waals surface area contributed by atoms with Crippen molar-refractivity contribution in [3.63, 3.8) is 0 Å². The molecule has 3 nitrogen and oxygen atoms in total. The fourth-order valence-electron chi connectivity index (χ4n) is 2.56. The number of carbonyl (C=O) groups is 1. The summed E-state index contributed by atoms with van der Waals surface area (Å²) < 4.78 is 0. The maximum Gasteiger partial charge on any atom is 0.224 e. The van der Waals surface area contributed by atoms with Crippen molar-refractivity contribution in [1.29, 1.82) is 0 Å². The number of hydrogen-bond acceptors (Lipinski definition) is 2. The lowest BCUT2D eigenvalue weighted by molar-refractivity contribution is -0.122. The second-order valence-corrected chi connectivity index (χ2v) is 4.66. The van der Waals surface area contributed by atoms with E-state index in [1.54, 1.807) is 13.0 Å². The highest BCUT2D eigenvalue weighted by molar-refractivity contribution is 5.79. The van der Waals surface area contributed by atoms with E-state index in [0.717, 1.165) is 19.3 Å². The summed E-state index contributed by atoms with van der Waals surface area (Å²) in [5, 5.41) is 9.24. The highest BCUT2D eigenvalue weighted by Gasteiger charge is 2.31. The Bertz CT molecular complexity index is 256. The van der Waals surface area contributed by atoms with E-state index in [0.29, 0.717) is 11.8 Å². The van der Waals surface area contributed by atoms with Crippen LogP contribution in [0.2, 0.25) is 0 Å². The zero-order chi connectivity index (χ0) is 11.4. The molecule has 0 aromatic carbocycles. The molecule has 0 aromatic heterocycles. The normalized spacial score (nSPS) is 29.9. The molecule has 3 atom stereocenters. The van der Waals surface area contributed by atoms with Crippen molar-refractivity contribution in [3.8, 4) is 0 Å². The molecule has 0 heterocycles. The van der Waals surface area contributed by atoms with E-state index in [1.807, 2.05) is 0 Å². The van der Waals surface area contributed by atoms with Crippen molar-refractivity contribution in [2.24, 2.45) is 23.5 Å². The first-order valence-electron chi connectivity index (χ1n) is 5.69. The summed E-state index contributed by atoms with van der Waals surface area (Å²) in [5.74, 6) is 0.397. The molecule has 0 radical (unpaired) electrons. The number of hydrogen-bond donors (Lipinski definition) is 2. The molecule has 1 aliphatic carbocycles. The highest BCUT2D eigenvalue weighted by Crippen LogP contribution is 2.35. The SMILES string of the molecule is CC(O)=CC(C(N)=O)C1CCCCC1C. The average molecular weight is 211 g/mol. The third-order valence-electron chi connectivity index (χ3n) is 3.39. The molecule has 15 heavy (non-hydrogen) atoms. The summed E-state index contributed by atoms with van der Waals surface area (Å²) >= 11 is 0. The summed E-state index contributed by atoms with van der Waals surface area (Å²) in [6.07, 6.45) is 6.21. The van der Waals surface area contributed by atoms with Gasteiger partial charge >= 0.3 is 0 Å². The Balaban J connectivity index is 2.78. The van der Waals surface area contributed by atoms with Gasteiger partial charge in [0.2, 0.25) is 5.91 Å². The van der Waals surface area contributed by atoms with Crippen LogP contribution in [0.25, 0.3) is 0 Å². The van der Waals surface area contributed by atoms with Gasteiger partial charge in [-0.2, -0.15) is 0 Å². The summed E-state index contributed by atoms with van der Waals surface area (Å²) in [6, 6.07) is 0. The van der Waals surface area contributed by atoms with Crippen molar-refractivity contribution < 1.29 is 9.90 Å². The van der Waals surface area contributed by atoms with E-state index < -0.39 is 0 Å². The maximum absolute atomic E-state index is 11.3. The van der Waals surface area contributed by atoms with Gasteiger partial charge in [-0.25, -0.2) is 0 Å². The molecule has 0 bridgehead atoms. The number of allylic oxidation sites excluding steroid dienone is 1. The van der Waals surface area contributed by atoms with Crippen LogP contribution >= 0.6 is 0 Å². The number of nitrogens with two attached hydrogens (primary N) is 1. The predicted octanol–water partition coefficient (Wildman–Crippen LogP) is 2.38. The van der Waals surface area contributed by atoms with E-state index in [9.17, 15) is 9.90 Å². The number of rotatable bonds is 3. The molecule has 0 saturated heterocycles. The minimum atomic E-state index is -0.317. The molecule has 3 unspecified atom stereocenters. The summed E-state index contributed by atoms with van der Waals surface area (Å²) in [7, 11) is 0. The Hall–Kier alpha value is -0.990. The van der Waals surface area contributed by atoms with Crippen molar-refractivity contribution in [2.75, 3.05) is 0 Å². The molecule has 0 spiro atoms. The van der Waals surface area contributed by atoms with Crippen LogP contribution in [0, 0.1) is 17.8 Å². The van der Waals surface area contributed by atoms with Crippen LogP contribution in [-0.2, 0) is 4.79 Å². The molecule has 3 N–H and O–H groups in total. The predicted molar refractivity (Wildman–Crippen MR) is 60.2 cm³/mol. The van der Waals surface area contributed by atoms with Crippen molar-refractivity contribution in [1.82, 2.24) is 0 Å². The Labute approximate surface area is 91.4 Å². The lowest BCUT2D eigenvalue weighted by atomic mass is 9.73. The van der Waals surface area contributed by atoms with Gasteiger partial charge in [0.05, 0.1) is 11.7 Å². The minimum absolute atomic E-state index is 0.191. The van der Waals surface area contributed by atoms with Gasteiger partial charge in [0.15, 0.2) is 0 Å². The minimum Gasteiger partial charge on any atom is -0.513 e. The topological polar surface area (TPSA) is 63.3 Å². The van der Waals surface area contributed by atoms with Crippen molar-refractivity contribution in [2.45, 2.75) is 39.5 Å². The average Bonchev–Trinajstić information content (AvgIpc) is 2.15. The molecule has 1 aliphatic rings. The molecule has 0 aliphatic heterocycles. The Morgan fingerprint density at radius 3 is 2.53 bits per heavy atom. The van der Waals surface area contributed by atoms with Crippen LogP contribution in [-0.4, -0.2) is 11.0 Å². The first-order valence-corrected chi connectivity index (χ1v) is 5.69. The van der Waals surface area contributed by atoms with Gasteiger partial charge in [-0.1, -0.05) is 26.2 Å². The van der Waals surface area contributed by atoms with E-state index >= 15 is 0 Å². The van der Waals surface area contributed by atoms with Crippen LogP contribution in [0.15, 0.2) is 11.8 Å².